The Morgan fingerprint density at radius 3 is 2.28 bits per heavy atom. The Morgan fingerprint density at radius 1 is 0.966 bits per heavy atom. The topological polar surface area (TPSA) is 110 Å². The summed E-state index contributed by atoms with van der Waals surface area (Å²) in [4.78, 5) is 23.1. The molecule has 3 rings (SSSR count). The van der Waals surface area contributed by atoms with Gasteiger partial charge >= 0.3 is 0 Å². The lowest BCUT2D eigenvalue weighted by Gasteiger charge is -2.01. The van der Waals surface area contributed by atoms with E-state index in [1.165, 1.54) is 53.1 Å². The largest absolute Gasteiger partial charge is 0.301 e. The lowest BCUT2D eigenvalue weighted by atomic mass is 10.2. The van der Waals surface area contributed by atoms with Gasteiger partial charge in [0.25, 0.3) is 0 Å². The van der Waals surface area contributed by atoms with Crippen LogP contribution in [0.5, 0.6) is 0 Å². The number of hydrogen-bond acceptors (Lipinski definition) is 10. The molecule has 152 valence electrons. The summed E-state index contributed by atoms with van der Waals surface area (Å²) < 4.78 is 1.31. The Bertz CT molecular complexity index is 1030. The Kier molecular flexibility index (Phi) is 8.09. The number of hydrogen-bond donors (Lipinski definition) is 2. The first-order valence-electron chi connectivity index (χ1n) is 7.83. The van der Waals surface area contributed by atoms with Crippen molar-refractivity contribution >= 4 is 91.5 Å². The summed E-state index contributed by atoms with van der Waals surface area (Å²) in [6, 6.07) is 5.45. The summed E-state index contributed by atoms with van der Waals surface area (Å²) in [6.45, 7) is 1.39. The Morgan fingerprint density at radius 2 is 1.62 bits per heavy atom. The van der Waals surface area contributed by atoms with Crippen LogP contribution in [0.25, 0.3) is 0 Å². The number of amides is 2. The Balaban J connectivity index is 1.45. The normalized spacial score (nSPS) is 10.7. The summed E-state index contributed by atoms with van der Waals surface area (Å²) in [5, 5.41) is 22.9. The molecule has 2 heterocycles. The van der Waals surface area contributed by atoms with E-state index in [0.717, 1.165) is 9.90 Å². The molecule has 29 heavy (non-hydrogen) atoms. The summed E-state index contributed by atoms with van der Waals surface area (Å²) in [5.74, 6) is 0.339. The van der Waals surface area contributed by atoms with E-state index in [2.05, 4.69) is 31.0 Å². The first-order chi connectivity index (χ1) is 13.9. The van der Waals surface area contributed by atoms with Crippen molar-refractivity contribution in [3.8, 4) is 0 Å². The van der Waals surface area contributed by atoms with Crippen molar-refractivity contribution in [3.63, 3.8) is 0 Å². The third-order valence-electron chi connectivity index (χ3n) is 3.02. The number of carbonyl (C=O) groups is 2. The van der Waals surface area contributed by atoms with E-state index in [1.54, 1.807) is 6.07 Å². The van der Waals surface area contributed by atoms with E-state index in [9.17, 15) is 9.59 Å². The maximum Gasteiger partial charge on any atom is 0.236 e. The van der Waals surface area contributed by atoms with Gasteiger partial charge in [-0.1, -0.05) is 75.5 Å². The molecule has 0 unspecified atom stereocenters. The zero-order valence-corrected chi connectivity index (χ0v) is 19.4. The van der Waals surface area contributed by atoms with Crippen LogP contribution in [0.2, 0.25) is 10.0 Å². The highest BCUT2D eigenvalue weighted by Crippen LogP contribution is 2.31. The average molecular weight is 507 g/mol. The lowest BCUT2D eigenvalue weighted by molar-refractivity contribution is -0.114. The molecule has 2 N–H and O–H groups in total. The van der Waals surface area contributed by atoms with Gasteiger partial charge in [0.2, 0.25) is 22.1 Å². The number of rotatable bonds is 8. The number of aromatic nitrogens is 4. The smallest absolute Gasteiger partial charge is 0.236 e. The van der Waals surface area contributed by atoms with Gasteiger partial charge in [-0.25, -0.2) is 0 Å². The number of carbonyl (C=O) groups excluding carboxylic acids is 2. The summed E-state index contributed by atoms with van der Waals surface area (Å²) in [5.41, 5.74) is 1.01. The van der Waals surface area contributed by atoms with Crippen LogP contribution in [0.3, 0.4) is 0 Å². The second-order valence-electron chi connectivity index (χ2n) is 5.30. The predicted octanol–water partition coefficient (Wildman–Crippen LogP) is 4.68. The number of thioether (sulfide) groups is 2. The van der Waals surface area contributed by atoms with E-state index in [-0.39, 0.29) is 17.6 Å². The van der Waals surface area contributed by atoms with Gasteiger partial charge in [-0.2, -0.15) is 0 Å². The molecule has 0 saturated carbocycles. The minimum atomic E-state index is -0.233. The minimum absolute atomic E-state index is 0.139. The number of benzene rings is 1. The van der Waals surface area contributed by atoms with Crippen LogP contribution in [0.1, 0.15) is 12.5 Å². The van der Waals surface area contributed by atoms with E-state index < -0.39 is 0 Å². The number of anilines is 2. The molecule has 14 heteroatoms. The first kappa shape index (κ1) is 22.2. The SMILES string of the molecule is CC(=O)Nc1nnc(SCC(=O)Nc2nnc(SCc3ccc(Cl)c(Cl)c3)s2)s1. The average Bonchev–Trinajstić information content (AvgIpc) is 3.30. The first-order valence-corrected chi connectivity index (χ1v) is 12.2. The molecule has 1 aromatic carbocycles. The quantitative estimate of drug-likeness (QED) is 0.334. The standard InChI is InChI=1S/C15H12Cl2N6O2S4/c1-7(24)18-12-20-23-15(28-12)27-6-11(25)19-13-21-22-14(29-13)26-5-8-2-3-9(16)10(17)4-8/h2-4H,5-6H2,1H3,(H,18,20,24)(H,19,21,25). The third kappa shape index (κ3) is 7.08. The summed E-state index contributed by atoms with van der Waals surface area (Å²) in [6.07, 6.45) is 0. The molecule has 0 bridgehead atoms. The molecule has 2 amide bonds. The summed E-state index contributed by atoms with van der Waals surface area (Å²) >= 11 is 17.1. The third-order valence-corrected chi connectivity index (χ3v) is 7.77. The van der Waals surface area contributed by atoms with Crippen LogP contribution in [0, 0.1) is 0 Å². The molecule has 0 atom stereocenters. The molecule has 3 aromatic rings. The molecule has 8 nitrogen and oxygen atoms in total. The number of nitrogens with one attached hydrogen (secondary N) is 2. The van der Waals surface area contributed by atoms with Gasteiger partial charge in [0.15, 0.2) is 8.68 Å². The zero-order chi connectivity index (χ0) is 20.8. The molecular formula is C15H12Cl2N6O2S4. The van der Waals surface area contributed by atoms with Crippen LogP contribution in [-0.4, -0.2) is 38.0 Å². The highest BCUT2D eigenvalue weighted by molar-refractivity contribution is 8.01. The van der Waals surface area contributed by atoms with Crippen molar-refractivity contribution in [2.24, 2.45) is 0 Å². The fraction of sp³-hybridized carbons (Fsp3) is 0.200. The van der Waals surface area contributed by atoms with Crippen LogP contribution < -0.4 is 10.6 Å². The maximum atomic E-state index is 12.1. The van der Waals surface area contributed by atoms with E-state index in [1.807, 2.05) is 12.1 Å². The molecular weight excluding hydrogens is 495 g/mol. The molecule has 0 fully saturated rings. The van der Waals surface area contributed by atoms with Crippen LogP contribution in [0.4, 0.5) is 10.3 Å². The second-order valence-corrected chi connectivity index (χ2v) is 10.5. The van der Waals surface area contributed by atoms with E-state index in [0.29, 0.717) is 30.4 Å². The molecule has 0 aliphatic heterocycles. The lowest BCUT2D eigenvalue weighted by Crippen LogP contribution is -2.13. The van der Waals surface area contributed by atoms with Crippen molar-refractivity contribution in [2.45, 2.75) is 21.4 Å². The maximum absolute atomic E-state index is 12.1. The van der Waals surface area contributed by atoms with E-state index in [4.69, 9.17) is 23.2 Å². The monoisotopic (exact) mass is 506 g/mol. The fourth-order valence-electron chi connectivity index (χ4n) is 1.84. The van der Waals surface area contributed by atoms with Crippen molar-refractivity contribution in [1.29, 1.82) is 0 Å². The van der Waals surface area contributed by atoms with Crippen molar-refractivity contribution in [1.82, 2.24) is 20.4 Å². The highest BCUT2D eigenvalue weighted by Gasteiger charge is 2.12. The molecule has 0 saturated heterocycles. The molecule has 2 aromatic heterocycles. The van der Waals surface area contributed by atoms with Crippen molar-refractivity contribution in [3.05, 3.63) is 33.8 Å². The van der Waals surface area contributed by atoms with Gasteiger partial charge in [0.05, 0.1) is 15.8 Å². The molecule has 0 aliphatic carbocycles. The van der Waals surface area contributed by atoms with E-state index >= 15 is 0 Å². The van der Waals surface area contributed by atoms with Crippen LogP contribution >= 0.6 is 69.4 Å². The fourth-order valence-corrected chi connectivity index (χ4v) is 5.47. The van der Waals surface area contributed by atoms with Crippen LogP contribution in [0.15, 0.2) is 26.9 Å². The zero-order valence-electron chi connectivity index (χ0n) is 14.6. The molecule has 0 aliphatic rings. The van der Waals surface area contributed by atoms with Gasteiger partial charge in [-0.15, -0.1) is 20.4 Å². The van der Waals surface area contributed by atoms with Gasteiger partial charge in [-0.05, 0) is 17.7 Å². The second kappa shape index (κ2) is 10.5. The van der Waals surface area contributed by atoms with Crippen molar-refractivity contribution in [2.75, 3.05) is 16.4 Å². The van der Waals surface area contributed by atoms with Gasteiger partial charge < -0.3 is 5.32 Å². The highest BCUT2D eigenvalue weighted by atomic mass is 35.5. The number of nitrogens with zero attached hydrogens (tertiary/aromatic N) is 4. The van der Waals surface area contributed by atoms with Gasteiger partial charge in [0, 0.05) is 12.7 Å². The molecule has 0 spiro atoms. The van der Waals surface area contributed by atoms with Gasteiger partial charge in [0.1, 0.15) is 0 Å². The van der Waals surface area contributed by atoms with Crippen LogP contribution in [-0.2, 0) is 15.3 Å². The predicted molar refractivity (Wildman–Crippen MR) is 119 cm³/mol. The molecule has 0 radical (unpaired) electrons. The van der Waals surface area contributed by atoms with Crippen molar-refractivity contribution < 1.29 is 9.59 Å². The Labute approximate surface area is 192 Å². The van der Waals surface area contributed by atoms with Gasteiger partial charge in [-0.3, -0.25) is 14.9 Å². The minimum Gasteiger partial charge on any atom is -0.301 e. The Hall–Kier alpha value is -1.44. The number of halogens is 2. The summed E-state index contributed by atoms with van der Waals surface area (Å²) in [7, 11) is 0.